The third-order valence-electron chi connectivity index (χ3n) is 4.37. The van der Waals surface area contributed by atoms with Gasteiger partial charge < -0.3 is 10.1 Å². The Bertz CT molecular complexity index is 1160. The third kappa shape index (κ3) is 3.54. The molecule has 3 aromatic heterocycles. The summed E-state index contributed by atoms with van der Waals surface area (Å²) in [4.78, 5) is 21.4. The minimum absolute atomic E-state index is 0.00324. The number of aromatic nitrogens is 6. The average Bonchev–Trinajstić information content (AvgIpc) is 3.27. The van der Waals surface area contributed by atoms with E-state index in [1.54, 1.807) is 10.7 Å². The number of hydrogen-bond acceptors (Lipinski definition) is 7. The lowest BCUT2D eigenvalue weighted by atomic mass is 10.3. The minimum Gasteiger partial charge on any atom is -0.478 e. The highest BCUT2D eigenvalue weighted by Gasteiger charge is 2.18. The molecule has 0 radical (unpaired) electrons. The van der Waals surface area contributed by atoms with Crippen LogP contribution in [-0.4, -0.2) is 48.6 Å². The molecular formula is C20H21N7O2. The number of para-hydroxylation sites is 1. The molecule has 0 aliphatic carbocycles. The second-order valence-electron chi connectivity index (χ2n) is 6.47. The van der Waals surface area contributed by atoms with Crippen molar-refractivity contribution >= 4 is 22.8 Å². The SMILES string of the molecule is CCOc1cc(C)nn1C(=O)CNc1ncnc2c1c(C)nn2-c1ccccc1. The van der Waals surface area contributed by atoms with E-state index in [1.807, 2.05) is 51.1 Å². The summed E-state index contributed by atoms with van der Waals surface area (Å²) in [5.74, 6) is 0.726. The molecule has 4 rings (SSSR count). The Hall–Kier alpha value is -3.75. The molecular weight excluding hydrogens is 370 g/mol. The second kappa shape index (κ2) is 7.70. The molecule has 0 aliphatic rings. The molecule has 0 unspecified atom stereocenters. The van der Waals surface area contributed by atoms with Crippen LogP contribution < -0.4 is 10.1 Å². The highest BCUT2D eigenvalue weighted by Crippen LogP contribution is 2.25. The van der Waals surface area contributed by atoms with E-state index in [4.69, 9.17) is 4.74 Å². The lowest BCUT2D eigenvalue weighted by Gasteiger charge is -2.09. The maximum atomic E-state index is 12.7. The Morgan fingerprint density at radius 2 is 1.93 bits per heavy atom. The predicted molar refractivity (Wildman–Crippen MR) is 109 cm³/mol. The van der Waals surface area contributed by atoms with Crippen molar-refractivity contribution < 1.29 is 9.53 Å². The summed E-state index contributed by atoms with van der Waals surface area (Å²) >= 11 is 0. The van der Waals surface area contributed by atoms with E-state index >= 15 is 0 Å². The van der Waals surface area contributed by atoms with Gasteiger partial charge in [0.1, 0.15) is 12.1 Å². The monoisotopic (exact) mass is 391 g/mol. The molecule has 0 bridgehead atoms. The van der Waals surface area contributed by atoms with Gasteiger partial charge in [0, 0.05) is 6.07 Å². The van der Waals surface area contributed by atoms with Crippen molar-refractivity contribution in [2.45, 2.75) is 20.8 Å². The number of carbonyl (C=O) groups excluding carboxylic acids is 1. The van der Waals surface area contributed by atoms with Crippen molar-refractivity contribution in [2.24, 2.45) is 0 Å². The lowest BCUT2D eigenvalue weighted by Crippen LogP contribution is -2.23. The van der Waals surface area contributed by atoms with E-state index < -0.39 is 0 Å². The van der Waals surface area contributed by atoms with Crippen molar-refractivity contribution in [1.29, 1.82) is 0 Å². The van der Waals surface area contributed by atoms with Crippen molar-refractivity contribution in [2.75, 3.05) is 18.5 Å². The molecule has 0 spiro atoms. The number of aryl methyl sites for hydroxylation is 2. The van der Waals surface area contributed by atoms with E-state index in [2.05, 4.69) is 25.5 Å². The van der Waals surface area contributed by atoms with Gasteiger partial charge in [0.25, 0.3) is 5.91 Å². The quantitative estimate of drug-likeness (QED) is 0.539. The normalized spacial score (nSPS) is 11.0. The van der Waals surface area contributed by atoms with Crippen LogP contribution in [0.4, 0.5) is 5.82 Å². The average molecular weight is 391 g/mol. The molecule has 1 N–H and O–H groups in total. The standard InChI is InChI=1S/C20H21N7O2/c1-4-29-17-10-13(2)24-27(17)16(28)11-21-19-18-14(3)25-26(20(18)23-12-22-19)15-8-6-5-7-9-15/h5-10,12H,4,11H2,1-3H3,(H,21,22,23). The van der Waals surface area contributed by atoms with E-state index in [0.717, 1.165) is 16.8 Å². The molecule has 0 aliphatic heterocycles. The Labute approximate surface area is 167 Å². The maximum absolute atomic E-state index is 12.7. The van der Waals surface area contributed by atoms with Crippen LogP contribution in [0.5, 0.6) is 5.88 Å². The number of fused-ring (bicyclic) bond motifs is 1. The lowest BCUT2D eigenvalue weighted by molar-refractivity contribution is 0.0898. The summed E-state index contributed by atoms with van der Waals surface area (Å²) in [6.45, 7) is 6.02. The van der Waals surface area contributed by atoms with Gasteiger partial charge in [0.15, 0.2) is 5.65 Å². The van der Waals surface area contributed by atoms with Crippen molar-refractivity contribution in [3.63, 3.8) is 0 Å². The summed E-state index contributed by atoms with van der Waals surface area (Å²) in [5.41, 5.74) is 3.05. The second-order valence-corrected chi connectivity index (χ2v) is 6.47. The minimum atomic E-state index is -0.249. The van der Waals surface area contributed by atoms with Gasteiger partial charge in [-0.3, -0.25) is 4.79 Å². The first-order chi connectivity index (χ1) is 14.1. The van der Waals surface area contributed by atoms with Crippen LogP contribution in [-0.2, 0) is 0 Å². The first-order valence-corrected chi connectivity index (χ1v) is 9.30. The summed E-state index contributed by atoms with van der Waals surface area (Å²) in [6, 6.07) is 11.5. The largest absolute Gasteiger partial charge is 0.478 e. The van der Waals surface area contributed by atoms with Gasteiger partial charge in [-0.05, 0) is 32.9 Å². The Morgan fingerprint density at radius 3 is 2.69 bits per heavy atom. The highest BCUT2D eigenvalue weighted by atomic mass is 16.5. The zero-order valence-corrected chi connectivity index (χ0v) is 16.5. The first-order valence-electron chi connectivity index (χ1n) is 9.30. The van der Waals surface area contributed by atoms with Crippen molar-refractivity contribution in [1.82, 2.24) is 29.5 Å². The number of benzene rings is 1. The number of hydrogen-bond donors (Lipinski definition) is 1. The molecule has 4 aromatic rings. The van der Waals surface area contributed by atoms with Gasteiger partial charge in [0.05, 0.1) is 35.6 Å². The number of ether oxygens (including phenoxy) is 1. The zero-order chi connectivity index (χ0) is 20.4. The predicted octanol–water partition coefficient (Wildman–Crippen LogP) is 2.78. The van der Waals surface area contributed by atoms with Crippen molar-refractivity contribution in [3.05, 3.63) is 54.1 Å². The molecule has 0 saturated carbocycles. The van der Waals surface area contributed by atoms with Gasteiger partial charge in [-0.15, -0.1) is 0 Å². The fourth-order valence-electron chi connectivity index (χ4n) is 3.14. The Morgan fingerprint density at radius 1 is 1.14 bits per heavy atom. The third-order valence-corrected chi connectivity index (χ3v) is 4.37. The number of anilines is 1. The molecule has 148 valence electrons. The molecule has 9 heteroatoms. The number of rotatable bonds is 6. The van der Waals surface area contributed by atoms with Crippen LogP contribution in [0.2, 0.25) is 0 Å². The van der Waals surface area contributed by atoms with Crippen LogP contribution in [0.3, 0.4) is 0 Å². The summed E-state index contributed by atoms with van der Waals surface area (Å²) in [7, 11) is 0. The molecule has 9 nitrogen and oxygen atoms in total. The number of nitrogens with zero attached hydrogens (tertiary/aromatic N) is 6. The maximum Gasteiger partial charge on any atom is 0.269 e. The Balaban J connectivity index is 1.62. The number of carbonyl (C=O) groups is 1. The number of nitrogens with one attached hydrogen (secondary N) is 1. The molecule has 0 fully saturated rings. The molecule has 29 heavy (non-hydrogen) atoms. The summed E-state index contributed by atoms with van der Waals surface area (Å²) < 4.78 is 8.52. The van der Waals surface area contributed by atoms with Crippen LogP contribution in [0, 0.1) is 13.8 Å². The van der Waals surface area contributed by atoms with E-state index in [1.165, 1.54) is 11.0 Å². The fourth-order valence-corrected chi connectivity index (χ4v) is 3.14. The van der Waals surface area contributed by atoms with Gasteiger partial charge in [-0.25, -0.2) is 14.6 Å². The smallest absolute Gasteiger partial charge is 0.269 e. The van der Waals surface area contributed by atoms with E-state index in [9.17, 15) is 4.79 Å². The summed E-state index contributed by atoms with van der Waals surface area (Å²) in [6.07, 6.45) is 1.46. The van der Waals surface area contributed by atoms with E-state index in [-0.39, 0.29) is 12.5 Å². The zero-order valence-electron chi connectivity index (χ0n) is 16.5. The molecule has 3 heterocycles. The fraction of sp³-hybridized carbons (Fsp3) is 0.250. The Kier molecular flexibility index (Phi) is 4.94. The molecule has 0 atom stereocenters. The first kappa shape index (κ1) is 18.6. The molecule has 0 saturated heterocycles. The van der Waals surface area contributed by atoms with Crippen LogP contribution in [0.1, 0.15) is 23.1 Å². The van der Waals surface area contributed by atoms with Gasteiger partial charge >= 0.3 is 0 Å². The molecule has 0 amide bonds. The van der Waals surface area contributed by atoms with Crippen LogP contribution in [0.25, 0.3) is 16.7 Å². The van der Waals surface area contributed by atoms with Crippen molar-refractivity contribution in [3.8, 4) is 11.6 Å². The highest BCUT2D eigenvalue weighted by molar-refractivity contribution is 5.92. The van der Waals surface area contributed by atoms with Gasteiger partial charge in [-0.2, -0.15) is 14.9 Å². The van der Waals surface area contributed by atoms with Crippen LogP contribution >= 0.6 is 0 Å². The molecule has 1 aromatic carbocycles. The van der Waals surface area contributed by atoms with Gasteiger partial charge in [0.2, 0.25) is 5.88 Å². The summed E-state index contributed by atoms with van der Waals surface area (Å²) in [5, 5.41) is 12.7. The topological polar surface area (TPSA) is 99.8 Å². The van der Waals surface area contributed by atoms with E-state index in [0.29, 0.717) is 29.6 Å². The van der Waals surface area contributed by atoms with Crippen LogP contribution in [0.15, 0.2) is 42.7 Å². The van der Waals surface area contributed by atoms with Gasteiger partial charge in [-0.1, -0.05) is 18.2 Å².